The number of fused-ring (bicyclic) bond motifs is 1. The smallest absolute Gasteiger partial charge is 0.298 e. The molecule has 0 heterocycles. The van der Waals surface area contributed by atoms with Gasteiger partial charge >= 0.3 is 0 Å². The van der Waals surface area contributed by atoms with Crippen molar-refractivity contribution in [3.8, 4) is 5.75 Å². The summed E-state index contributed by atoms with van der Waals surface area (Å²) in [4.78, 5) is -2.25. The number of nitrogens with two attached hydrogens (primary N) is 1. The van der Waals surface area contributed by atoms with Crippen LogP contribution in [0.1, 0.15) is 5.56 Å². The van der Waals surface area contributed by atoms with E-state index in [9.17, 15) is 39.5 Å². The maximum absolute atomic E-state index is 11.9. The molecule has 33 heavy (non-hydrogen) atoms. The van der Waals surface area contributed by atoms with E-state index in [1.807, 2.05) is 0 Å². The van der Waals surface area contributed by atoms with Gasteiger partial charge in [-0.25, -0.2) is 0 Å². The highest BCUT2D eigenvalue weighted by atomic mass is 32.2. The number of phenolic OH excluding ortho intramolecular Hbond substituents is 1. The van der Waals surface area contributed by atoms with Crippen molar-refractivity contribution in [3.63, 3.8) is 0 Å². The summed E-state index contributed by atoms with van der Waals surface area (Å²) in [6.07, 6.45) is 0. The quantitative estimate of drug-likeness (QED) is 0.187. The van der Waals surface area contributed by atoms with Crippen LogP contribution in [0.5, 0.6) is 5.75 Å². The Balaban J connectivity index is 2.30. The Kier molecular flexibility index (Phi) is 5.95. The molecule has 0 radical (unpaired) electrons. The number of aryl methyl sites for hydroxylation is 1. The third-order valence-electron chi connectivity index (χ3n) is 4.49. The highest BCUT2D eigenvalue weighted by Crippen LogP contribution is 2.44. The maximum atomic E-state index is 11.9. The molecular weight excluding hydrogens is 502 g/mol. The predicted molar refractivity (Wildman–Crippen MR) is 115 cm³/mol. The van der Waals surface area contributed by atoms with Crippen molar-refractivity contribution in [2.45, 2.75) is 21.6 Å². The first-order valence-corrected chi connectivity index (χ1v) is 12.9. The van der Waals surface area contributed by atoms with E-state index in [1.165, 1.54) is 6.92 Å². The summed E-state index contributed by atoms with van der Waals surface area (Å²) < 4.78 is 97.1. The Morgan fingerprint density at radius 3 is 1.82 bits per heavy atom. The Labute approximate surface area is 187 Å². The molecule has 0 aliphatic heterocycles. The summed E-state index contributed by atoms with van der Waals surface area (Å²) in [6.45, 7) is 1.37. The SMILES string of the molecule is Cc1cc(S(=O)(=O)O)c(O)c2cc(S(=O)(=O)O)c(N=Nc3ccc(S(=O)(=O)O)cc3)c(N)c12. The molecule has 176 valence electrons. The van der Waals surface area contributed by atoms with Gasteiger partial charge in [-0.05, 0) is 48.9 Å². The Bertz CT molecular complexity index is 1650. The van der Waals surface area contributed by atoms with E-state index in [-0.39, 0.29) is 16.6 Å². The lowest BCUT2D eigenvalue weighted by atomic mass is 10.0. The van der Waals surface area contributed by atoms with E-state index < -0.39 is 67.6 Å². The normalized spacial score (nSPS) is 13.1. The fraction of sp³-hybridized carbons (Fsp3) is 0.0588. The molecule has 16 heteroatoms. The van der Waals surface area contributed by atoms with Crippen LogP contribution in [0.15, 0.2) is 61.3 Å². The number of phenols is 1. The minimum absolute atomic E-state index is 0.0180. The molecular formula is C17H15N3O10S3. The molecule has 13 nitrogen and oxygen atoms in total. The van der Waals surface area contributed by atoms with E-state index in [0.717, 1.165) is 30.3 Å². The van der Waals surface area contributed by atoms with Gasteiger partial charge in [-0.1, -0.05) is 0 Å². The molecule has 0 saturated carbocycles. The molecule has 3 rings (SSSR count). The van der Waals surface area contributed by atoms with Gasteiger partial charge in [0.05, 0.1) is 16.3 Å². The summed E-state index contributed by atoms with van der Waals surface area (Å²) in [6, 6.07) is 5.93. The van der Waals surface area contributed by atoms with Crippen LogP contribution in [0, 0.1) is 6.92 Å². The van der Waals surface area contributed by atoms with Gasteiger partial charge < -0.3 is 10.8 Å². The zero-order valence-electron chi connectivity index (χ0n) is 16.4. The van der Waals surface area contributed by atoms with Crippen LogP contribution in [0.25, 0.3) is 10.8 Å². The number of nitrogens with zero attached hydrogens (tertiary/aromatic N) is 2. The zero-order valence-corrected chi connectivity index (χ0v) is 18.8. The topological polar surface area (TPSA) is 234 Å². The minimum Gasteiger partial charge on any atom is -0.506 e. The summed E-state index contributed by atoms with van der Waals surface area (Å²) in [7, 11) is -14.4. The zero-order chi connectivity index (χ0) is 24.9. The first-order chi connectivity index (χ1) is 15.0. The molecule has 0 aliphatic carbocycles. The third-order valence-corrected chi connectivity index (χ3v) is 7.09. The molecule has 3 aromatic rings. The van der Waals surface area contributed by atoms with E-state index in [2.05, 4.69) is 10.2 Å². The van der Waals surface area contributed by atoms with Gasteiger partial charge in [-0.15, -0.1) is 5.11 Å². The number of hydrogen-bond acceptors (Lipinski definition) is 10. The van der Waals surface area contributed by atoms with Crippen molar-refractivity contribution in [2.75, 3.05) is 5.73 Å². The van der Waals surface area contributed by atoms with Crippen molar-refractivity contribution in [1.82, 2.24) is 0 Å². The number of aromatic hydroxyl groups is 1. The van der Waals surface area contributed by atoms with Crippen molar-refractivity contribution in [2.24, 2.45) is 10.2 Å². The molecule has 0 aliphatic rings. The number of benzene rings is 3. The molecule has 0 saturated heterocycles. The second kappa shape index (κ2) is 8.01. The van der Waals surface area contributed by atoms with Gasteiger partial charge in [0, 0.05) is 10.8 Å². The Morgan fingerprint density at radius 2 is 1.33 bits per heavy atom. The van der Waals surface area contributed by atoms with Crippen molar-refractivity contribution in [3.05, 3.63) is 42.0 Å². The summed E-state index contributed by atoms with van der Waals surface area (Å²) in [5.41, 5.74) is 5.21. The van der Waals surface area contributed by atoms with Crippen LogP contribution < -0.4 is 5.73 Å². The van der Waals surface area contributed by atoms with E-state index in [1.54, 1.807) is 0 Å². The van der Waals surface area contributed by atoms with Gasteiger partial charge in [0.25, 0.3) is 30.4 Å². The lowest BCUT2D eigenvalue weighted by Gasteiger charge is -2.14. The molecule has 0 spiro atoms. The first kappa shape index (κ1) is 24.5. The van der Waals surface area contributed by atoms with Crippen LogP contribution in [-0.4, -0.2) is 44.0 Å². The number of hydrogen-bond donors (Lipinski definition) is 5. The van der Waals surface area contributed by atoms with Crippen LogP contribution >= 0.6 is 0 Å². The molecule has 0 unspecified atom stereocenters. The van der Waals surface area contributed by atoms with Crippen LogP contribution in [0.2, 0.25) is 0 Å². The molecule has 0 bridgehead atoms. The number of nitrogen functional groups attached to an aromatic ring is 1. The largest absolute Gasteiger partial charge is 0.506 e. The lowest BCUT2D eigenvalue weighted by molar-refractivity contribution is 0.447. The summed E-state index contributed by atoms with van der Waals surface area (Å²) >= 11 is 0. The fourth-order valence-electron chi connectivity index (χ4n) is 3.04. The van der Waals surface area contributed by atoms with Crippen molar-refractivity contribution < 1.29 is 44.0 Å². The maximum Gasteiger partial charge on any atom is 0.298 e. The second-order valence-electron chi connectivity index (χ2n) is 6.72. The summed E-state index contributed by atoms with van der Waals surface area (Å²) in [5, 5.41) is 17.4. The molecule has 0 fully saturated rings. The van der Waals surface area contributed by atoms with Crippen molar-refractivity contribution in [1.29, 1.82) is 0 Å². The molecule has 6 N–H and O–H groups in total. The monoisotopic (exact) mass is 517 g/mol. The lowest BCUT2D eigenvalue weighted by Crippen LogP contribution is -2.04. The number of azo groups is 1. The third kappa shape index (κ3) is 4.80. The molecule has 0 atom stereocenters. The number of rotatable bonds is 5. The minimum atomic E-state index is -5.03. The number of anilines is 1. The van der Waals surface area contributed by atoms with Crippen molar-refractivity contribution >= 4 is 58.2 Å². The Hall–Kier alpha value is -3.15. The highest BCUT2D eigenvalue weighted by molar-refractivity contribution is 7.86. The van der Waals surface area contributed by atoms with Crippen LogP contribution in [-0.2, 0) is 30.4 Å². The average Bonchev–Trinajstić information content (AvgIpc) is 2.67. The van der Waals surface area contributed by atoms with Gasteiger partial charge in [0.15, 0.2) is 0 Å². The summed E-state index contributed by atoms with van der Waals surface area (Å²) in [5.74, 6) is -1.00. The fourth-order valence-corrected chi connectivity index (χ4v) is 4.86. The van der Waals surface area contributed by atoms with E-state index in [4.69, 9.17) is 10.3 Å². The van der Waals surface area contributed by atoms with Gasteiger partial charge in [-0.3, -0.25) is 13.7 Å². The standard InChI is InChI=1S/C17H15N3O10S3/c1-8-6-13(33(28,29)30)17(21)11-7-12(32(25,26)27)16(15(18)14(8)11)20-19-9-2-4-10(5-3-9)31(22,23)24/h2-7,21H,18H2,1H3,(H,22,23,24)(H,25,26,27)(H,28,29,30). The average molecular weight is 518 g/mol. The van der Waals surface area contributed by atoms with Crippen LogP contribution in [0.4, 0.5) is 17.1 Å². The molecule has 0 amide bonds. The first-order valence-electron chi connectivity index (χ1n) is 8.55. The molecule has 3 aromatic carbocycles. The van der Waals surface area contributed by atoms with Gasteiger partial charge in [0.2, 0.25) is 0 Å². The van der Waals surface area contributed by atoms with E-state index in [0.29, 0.717) is 6.07 Å². The van der Waals surface area contributed by atoms with Gasteiger partial charge in [0.1, 0.15) is 21.2 Å². The van der Waals surface area contributed by atoms with Crippen LogP contribution in [0.3, 0.4) is 0 Å². The predicted octanol–water partition coefficient (Wildman–Crippen LogP) is 2.59. The molecule has 0 aromatic heterocycles. The van der Waals surface area contributed by atoms with Gasteiger partial charge in [-0.2, -0.15) is 30.4 Å². The van der Waals surface area contributed by atoms with E-state index >= 15 is 0 Å². The Morgan fingerprint density at radius 1 is 0.788 bits per heavy atom. The highest BCUT2D eigenvalue weighted by Gasteiger charge is 2.26. The second-order valence-corrected chi connectivity index (χ2v) is 10.9.